The Labute approximate surface area is 123 Å². The molecule has 0 bridgehead atoms. The number of carbonyl (C=O) groups is 1. The number of rotatable bonds is 3. The summed E-state index contributed by atoms with van der Waals surface area (Å²) in [6.45, 7) is 0. The fourth-order valence-electron chi connectivity index (χ4n) is 2.00. The predicted molar refractivity (Wildman–Crippen MR) is 72.4 cm³/mol. The molecule has 2 N–H and O–H groups in total. The molecule has 22 heavy (non-hydrogen) atoms. The van der Waals surface area contributed by atoms with Gasteiger partial charge in [0.05, 0.1) is 12.0 Å². The number of nitrogens with zero attached hydrogens (tertiary/aromatic N) is 4. The molecule has 8 nitrogen and oxygen atoms in total. The summed E-state index contributed by atoms with van der Waals surface area (Å²) in [5, 5.41) is 35.3. The average Bonchev–Trinajstić information content (AvgIpc) is 3.15. The highest BCUT2D eigenvalue weighted by Gasteiger charge is 2.20. The van der Waals surface area contributed by atoms with Gasteiger partial charge in [0.1, 0.15) is 23.1 Å². The van der Waals surface area contributed by atoms with Gasteiger partial charge >= 0.3 is 5.97 Å². The van der Waals surface area contributed by atoms with Crippen molar-refractivity contribution in [2.45, 2.75) is 0 Å². The van der Waals surface area contributed by atoms with Crippen LogP contribution in [0, 0.1) is 11.3 Å². The van der Waals surface area contributed by atoms with E-state index in [2.05, 4.69) is 10.3 Å². The minimum absolute atomic E-state index is 0.0416. The summed E-state index contributed by atoms with van der Waals surface area (Å²) in [6, 6.07) is 9.12. The number of hydrogen-bond acceptors (Lipinski definition) is 6. The molecule has 1 aromatic carbocycles. The molecule has 3 aromatic rings. The van der Waals surface area contributed by atoms with Gasteiger partial charge in [-0.05, 0) is 30.3 Å². The largest absolute Gasteiger partial charge is 0.507 e. The van der Waals surface area contributed by atoms with E-state index in [1.165, 1.54) is 29.1 Å². The maximum absolute atomic E-state index is 11.1. The number of furan rings is 1. The minimum Gasteiger partial charge on any atom is -0.507 e. The van der Waals surface area contributed by atoms with Crippen LogP contribution in [0.5, 0.6) is 5.75 Å². The van der Waals surface area contributed by atoms with Crippen LogP contribution >= 0.6 is 0 Å². The lowest BCUT2D eigenvalue weighted by atomic mass is 10.1. The van der Waals surface area contributed by atoms with Crippen LogP contribution in [-0.2, 0) is 0 Å². The SMILES string of the molecule is N#Cc1nnn(-c2ccc(O)c(C(=O)O)c2)c1-c1ccco1. The molecule has 2 heterocycles. The van der Waals surface area contributed by atoms with Gasteiger partial charge in [0, 0.05) is 0 Å². The Balaban J connectivity index is 2.22. The van der Waals surface area contributed by atoms with Gasteiger partial charge in [-0.25, -0.2) is 9.48 Å². The van der Waals surface area contributed by atoms with Crippen molar-refractivity contribution >= 4 is 5.97 Å². The minimum atomic E-state index is -1.28. The molecule has 0 amide bonds. The van der Waals surface area contributed by atoms with Gasteiger partial charge < -0.3 is 14.6 Å². The smallest absolute Gasteiger partial charge is 0.339 e. The zero-order valence-electron chi connectivity index (χ0n) is 11.0. The van der Waals surface area contributed by atoms with Crippen LogP contribution < -0.4 is 0 Å². The summed E-state index contributed by atoms with van der Waals surface area (Å²) < 4.78 is 6.55. The van der Waals surface area contributed by atoms with E-state index in [1.54, 1.807) is 12.1 Å². The molecule has 0 aliphatic carbocycles. The van der Waals surface area contributed by atoms with Crippen molar-refractivity contribution in [3.8, 4) is 29.0 Å². The molecule has 8 heteroatoms. The molecule has 0 saturated carbocycles. The maximum Gasteiger partial charge on any atom is 0.339 e. The van der Waals surface area contributed by atoms with Crippen LogP contribution in [0.1, 0.15) is 16.1 Å². The third-order valence-corrected chi connectivity index (χ3v) is 2.99. The second-order valence-electron chi connectivity index (χ2n) is 4.29. The number of benzene rings is 1. The first-order valence-electron chi connectivity index (χ1n) is 6.08. The Morgan fingerprint density at radius 1 is 1.36 bits per heavy atom. The summed E-state index contributed by atoms with van der Waals surface area (Å²) in [6.07, 6.45) is 1.44. The summed E-state index contributed by atoms with van der Waals surface area (Å²) in [7, 11) is 0. The summed E-state index contributed by atoms with van der Waals surface area (Å²) in [5.41, 5.74) is 0.391. The predicted octanol–water partition coefficient (Wildman–Crippen LogP) is 1.80. The maximum atomic E-state index is 11.1. The lowest BCUT2D eigenvalue weighted by Crippen LogP contribution is -2.03. The fourth-order valence-corrected chi connectivity index (χ4v) is 2.00. The molecule has 3 rings (SSSR count). The van der Waals surface area contributed by atoms with Crippen molar-refractivity contribution in [3.63, 3.8) is 0 Å². The standard InChI is InChI=1S/C14H8N4O4/c15-7-10-13(12-2-1-5-22-12)18(17-16-10)8-3-4-11(19)9(6-8)14(20)21/h1-6,19H,(H,20,21). The third kappa shape index (κ3) is 2.06. The fraction of sp³-hybridized carbons (Fsp3) is 0. The number of aromatic nitrogens is 3. The van der Waals surface area contributed by atoms with Gasteiger partial charge in [-0.2, -0.15) is 5.26 Å². The lowest BCUT2D eigenvalue weighted by Gasteiger charge is -2.06. The van der Waals surface area contributed by atoms with Crippen LogP contribution in [0.4, 0.5) is 0 Å². The van der Waals surface area contributed by atoms with E-state index < -0.39 is 5.97 Å². The number of aromatic carboxylic acids is 1. The Hall–Kier alpha value is -3.60. The van der Waals surface area contributed by atoms with Crippen molar-refractivity contribution in [2.75, 3.05) is 0 Å². The van der Waals surface area contributed by atoms with Gasteiger partial charge in [0.25, 0.3) is 0 Å². The van der Waals surface area contributed by atoms with Crippen LogP contribution in [0.25, 0.3) is 17.1 Å². The number of hydrogen-bond donors (Lipinski definition) is 2. The van der Waals surface area contributed by atoms with Crippen molar-refractivity contribution in [3.05, 3.63) is 47.9 Å². The Morgan fingerprint density at radius 2 is 2.18 bits per heavy atom. The van der Waals surface area contributed by atoms with Crippen molar-refractivity contribution in [1.29, 1.82) is 5.26 Å². The molecule has 0 atom stereocenters. The second kappa shape index (κ2) is 5.06. The van der Waals surface area contributed by atoms with E-state index in [0.717, 1.165) is 0 Å². The van der Waals surface area contributed by atoms with Crippen molar-refractivity contribution in [2.24, 2.45) is 0 Å². The molecule has 0 spiro atoms. The normalized spacial score (nSPS) is 10.3. The number of nitriles is 1. The first-order valence-corrected chi connectivity index (χ1v) is 6.08. The summed E-state index contributed by atoms with van der Waals surface area (Å²) in [5.74, 6) is -1.28. The lowest BCUT2D eigenvalue weighted by molar-refractivity contribution is 0.0693. The Morgan fingerprint density at radius 3 is 2.82 bits per heavy atom. The van der Waals surface area contributed by atoms with Crippen LogP contribution in [0.3, 0.4) is 0 Å². The topological polar surface area (TPSA) is 125 Å². The van der Waals surface area contributed by atoms with E-state index in [-0.39, 0.29) is 17.0 Å². The molecule has 2 aromatic heterocycles. The van der Waals surface area contributed by atoms with E-state index in [9.17, 15) is 9.90 Å². The van der Waals surface area contributed by atoms with Gasteiger partial charge in [0.15, 0.2) is 11.5 Å². The monoisotopic (exact) mass is 296 g/mol. The Bertz CT molecular complexity index is 890. The number of carboxylic acid groups (broad SMARTS) is 1. The third-order valence-electron chi connectivity index (χ3n) is 2.99. The zero-order chi connectivity index (χ0) is 15.7. The molecular weight excluding hydrogens is 288 g/mol. The molecule has 0 fully saturated rings. The first-order chi connectivity index (χ1) is 10.6. The van der Waals surface area contributed by atoms with E-state index in [0.29, 0.717) is 17.1 Å². The van der Waals surface area contributed by atoms with Gasteiger partial charge in [-0.1, -0.05) is 5.21 Å². The quantitative estimate of drug-likeness (QED) is 0.754. The molecule has 0 unspecified atom stereocenters. The molecule has 0 aliphatic heterocycles. The van der Waals surface area contributed by atoms with E-state index in [4.69, 9.17) is 14.8 Å². The van der Waals surface area contributed by atoms with E-state index >= 15 is 0 Å². The average molecular weight is 296 g/mol. The van der Waals surface area contributed by atoms with Gasteiger partial charge in [-0.3, -0.25) is 0 Å². The van der Waals surface area contributed by atoms with Gasteiger partial charge in [0.2, 0.25) is 0 Å². The second-order valence-corrected chi connectivity index (χ2v) is 4.29. The molecule has 0 radical (unpaired) electrons. The van der Waals surface area contributed by atoms with Gasteiger partial charge in [-0.15, -0.1) is 5.10 Å². The van der Waals surface area contributed by atoms with Crippen LogP contribution in [-0.4, -0.2) is 31.2 Å². The van der Waals surface area contributed by atoms with E-state index in [1.807, 2.05) is 6.07 Å². The number of phenols is 1. The zero-order valence-corrected chi connectivity index (χ0v) is 11.0. The molecular formula is C14H8N4O4. The summed E-state index contributed by atoms with van der Waals surface area (Å²) in [4.78, 5) is 11.1. The highest BCUT2D eigenvalue weighted by molar-refractivity contribution is 5.91. The highest BCUT2D eigenvalue weighted by Crippen LogP contribution is 2.27. The Kier molecular flexibility index (Phi) is 3.08. The molecule has 108 valence electrons. The summed E-state index contributed by atoms with van der Waals surface area (Å²) >= 11 is 0. The van der Waals surface area contributed by atoms with Crippen LogP contribution in [0.15, 0.2) is 41.0 Å². The van der Waals surface area contributed by atoms with Crippen LogP contribution in [0.2, 0.25) is 0 Å². The number of carboxylic acids is 1. The molecule has 0 saturated heterocycles. The van der Waals surface area contributed by atoms with Crippen molar-refractivity contribution < 1.29 is 19.4 Å². The van der Waals surface area contributed by atoms with Crippen molar-refractivity contribution in [1.82, 2.24) is 15.0 Å². The highest BCUT2D eigenvalue weighted by atomic mass is 16.4. The molecule has 0 aliphatic rings. The first kappa shape index (κ1) is 13.4. The number of aromatic hydroxyl groups is 1.